The third-order valence-corrected chi connectivity index (χ3v) is 3.19. The number of rotatable bonds is 5. The molecule has 5 nitrogen and oxygen atoms in total. The number of carboxylic acid groups (broad SMARTS) is 1. The fourth-order valence-corrected chi connectivity index (χ4v) is 2.14. The average molecular weight is 264 g/mol. The van der Waals surface area contributed by atoms with E-state index >= 15 is 0 Å². The number of carboxylic acids is 1. The Morgan fingerprint density at radius 2 is 2.33 bits per heavy atom. The third-order valence-electron chi connectivity index (χ3n) is 2.29. The molecule has 0 amide bonds. The molecule has 0 atom stereocenters. The summed E-state index contributed by atoms with van der Waals surface area (Å²) in [5.74, 6) is 0.0769. The summed E-state index contributed by atoms with van der Waals surface area (Å²) in [5, 5.41) is 10.6. The Bertz CT molecular complexity index is 540. The molecule has 0 spiro atoms. The van der Waals surface area contributed by atoms with Crippen molar-refractivity contribution in [2.24, 2.45) is 0 Å². The van der Waals surface area contributed by atoms with E-state index in [-0.39, 0.29) is 6.42 Å². The van der Waals surface area contributed by atoms with Gasteiger partial charge in [0.2, 0.25) is 5.88 Å². The standard InChI is InChI=1S/C12H12N2O3S/c1-17-11-7-8(9-3-2-6-18-9)13-10(14-11)4-5-12(15)16/h2-3,6-7H,4-5H2,1H3,(H,15,16). The molecule has 2 heterocycles. The summed E-state index contributed by atoms with van der Waals surface area (Å²) in [4.78, 5) is 20.1. The SMILES string of the molecule is COc1cc(-c2cccs2)nc(CCC(=O)O)n1. The van der Waals surface area contributed by atoms with E-state index in [0.29, 0.717) is 18.1 Å². The fourth-order valence-electron chi connectivity index (χ4n) is 1.46. The van der Waals surface area contributed by atoms with Crippen molar-refractivity contribution in [1.29, 1.82) is 0 Å². The van der Waals surface area contributed by atoms with Crippen LogP contribution in [0.3, 0.4) is 0 Å². The number of thiophene rings is 1. The normalized spacial score (nSPS) is 10.3. The van der Waals surface area contributed by atoms with Crippen molar-refractivity contribution in [3.05, 3.63) is 29.4 Å². The highest BCUT2D eigenvalue weighted by Crippen LogP contribution is 2.25. The zero-order chi connectivity index (χ0) is 13.0. The van der Waals surface area contributed by atoms with E-state index in [9.17, 15) is 4.79 Å². The zero-order valence-electron chi connectivity index (χ0n) is 9.79. The Morgan fingerprint density at radius 3 is 2.94 bits per heavy atom. The van der Waals surface area contributed by atoms with Gasteiger partial charge in [-0.2, -0.15) is 4.98 Å². The van der Waals surface area contributed by atoms with Gasteiger partial charge in [-0.25, -0.2) is 4.98 Å². The van der Waals surface area contributed by atoms with Gasteiger partial charge in [-0.05, 0) is 11.4 Å². The first-order chi connectivity index (χ1) is 8.69. The minimum Gasteiger partial charge on any atom is -0.481 e. The van der Waals surface area contributed by atoms with E-state index in [4.69, 9.17) is 9.84 Å². The lowest BCUT2D eigenvalue weighted by molar-refractivity contribution is -0.137. The van der Waals surface area contributed by atoms with Crippen LogP contribution in [0.4, 0.5) is 0 Å². The molecule has 0 aliphatic rings. The average Bonchev–Trinajstić information content (AvgIpc) is 2.89. The lowest BCUT2D eigenvalue weighted by atomic mass is 10.2. The molecule has 2 rings (SSSR count). The molecule has 2 aromatic rings. The molecule has 0 aliphatic carbocycles. The molecular formula is C12H12N2O3S. The van der Waals surface area contributed by atoms with Gasteiger partial charge in [-0.3, -0.25) is 4.79 Å². The zero-order valence-corrected chi connectivity index (χ0v) is 10.6. The summed E-state index contributed by atoms with van der Waals surface area (Å²) in [6.07, 6.45) is 0.307. The second kappa shape index (κ2) is 5.59. The summed E-state index contributed by atoms with van der Waals surface area (Å²) < 4.78 is 5.11. The van der Waals surface area contributed by atoms with Crippen LogP contribution in [0.15, 0.2) is 23.6 Å². The summed E-state index contributed by atoms with van der Waals surface area (Å²) in [6, 6.07) is 5.63. The molecule has 18 heavy (non-hydrogen) atoms. The van der Waals surface area contributed by atoms with Gasteiger partial charge in [0.05, 0.1) is 24.1 Å². The van der Waals surface area contributed by atoms with Crippen molar-refractivity contribution in [2.45, 2.75) is 12.8 Å². The Kier molecular flexibility index (Phi) is 3.88. The predicted octanol–water partition coefficient (Wildman–Crippen LogP) is 2.23. The highest BCUT2D eigenvalue weighted by atomic mass is 32.1. The van der Waals surface area contributed by atoms with Gasteiger partial charge in [0.25, 0.3) is 0 Å². The van der Waals surface area contributed by atoms with Crippen LogP contribution < -0.4 is 4.74 Å². The number of hydrogen-bond acceptors (Lipinski definition) is 5. The highest BCUT2D eigenvalue weighted by Gasteiger charge is 2.09. The topological polar surface area (TPSA) is 72.3 Å². The van der Waals surface area contributed by atoms with E-state index < -0.39 is 5.97 Å². The number of hydrogen-bond donors (Lipinski definition) is 1. The maximum Gasteiger partial charge on any atom is 0.303 e. The summed E-state index contributed by atoms with van der Waals surface area (Å²) in [7, 11) is 1.53. The number of carbonyl (C=O) groups is 1. The van der Waals surface area contributed by atoms with Crippen molar-refractivity contribution in [2.75, 3.05) is 7.11 Å². The van der Waals surface area contributed by atoms with E-state index in [1.807, 2.05) is 17.5 Å². The summed E-state index contributed by atoms with van der Waals surface area (Å²) in [5.41, 5.74) is 0.761. The van der Waals surface area contributed by atoms with Crippen molar-refractivity contribution in [1.82, 2.24) is 9.97 Å². The van der Waals surface area contributed by atoms with Gasteiger partial charge >= 0.3 is 5.97 Å². The van der Waals surface area contributed by atoms with Gasteiger partial charge in [-0.1, -0.05) is 6.07 Å². The molecule has 0 unspecified atom stereocenters. The number of aryl methyl sites for hydroxylation is 1. The Morgan fingerprint density at radius 1 is 1.50 bits per heavy atom. The molecule has 1 N–H and O–H groups in total. The van der Waals surface area contributed by atoms with Crippen LogP contribution in [-0.4, -0.2) is 28.2 Å². The maximum atomic E-state index is 10.6. The van der Waals surface area contributed by atoms with E-state index in [1.54, 1.807) is 17.4 Å². The lowest BCUT2D eigenvalue weighted by Crippen LogP contribution is -2.03. The Hall–Kier alpha value is -1.95. The molecule has 0 bridgehead atoms. The van der Waals surface area contributed by atoms with Gasteiger partial charge in [0.15, 0.2) is 0 Å². The number of aromatic nitrogens is 2. The van der Waals surface area contributed by atoms with Gasteiger partial charge < -0.3 is 9.84 Å². The summed E-state index contributed by atoms with van der Waals surface area (Å²) >= 11 is 1.57. The van der Waals surface area contributed by atoms with Gasteiger partial charge in [0, 0.05) is 12.5 Å². The molecule has 0 aromatic carbocycles. The maximum absolute atomic E-state index is 10.6. The molecule has 0 fully saturated rings. The van der Waals surface area contributed by atoms with Crippen LogP contribution in [0.1, 0.15) is 12.2 Å². The second-order valence-corrected chi connectivity index (χ2v) is 4.53. The number of ether oxygens (including phenoxy) is 1. The molecule has 0 saturated heterocycles. The quantitative estimate of drug-likeness (QED) is 0.896. The Balaban J connectivity index is 2.30. The minimum atomic E-state index is -0.862. The fraction of sp³-hybridized carbons (Fsp3) is 0.250. The molecule has 0 aliphatic heterocycles. The first-order valence-electron chi connectivity index (χ1n) is 5.36. The number of nitrogens with zero attached hydrogens (tertiary/aromatic N) is 2. The monoisotopic (exact) mass is 264 g/mol. The third kappa shape index (κ3) is 3.04. The number of methoxy groups -OCH3 is 1. The first kappa shape index (κ1) is 12.5. The largest absolute Gasteiger partial charge is 0.481 e. The molecule has 6 heteroatoms. The van der Waals surface area contributed by atoms with E-state index in [0.717, 1.165) is 10.6 Å². The van der Waals surface area contributed by atoms with E-state index in [2.05, 4.69) is 9.97 Å². The van der Waals surface area contributed by atoms with Gasteiger partial charge in [0.1, 0.15) is 5.82 Å². The lowest BCUT2D eigenvalue weighted by Gasteiger charge is -2.05. The predicted molar refractivity (Wildman–Crippen MR) is 67.9 cm³/mol. The molecule has 0 radical (unpaired) electrons. The van der Waals surface area contributed by atoms with Crippen LogP contribution in [-0.2, 0) is 11.2 Å². The molecule has 2 aromatic heterocycles. The Labute approximate surface area is 108 Å². The smallest absolute Gasteiger partial charge is 0.303 e. The van der Waals surface area contributed by atoms with Crippen molar-refractivity contribution >= 4 is 17.3 Å². The van der Waals surface area contributed by atoms with Crippen molar-refractivity contribution < 1.29 is 14.6 Å². The first-order valence-corrected chi connectivity index (χ1v) is 6.24. The minimum absolute atomic E-state index is 0.0110. The number of aliphatic carboxylic acids is 1. The molecule has 0 saturated carbocycles. The second-order valence-electron chi connectivity index (χ2n) is 3.58. The highest BCUT2D eigenvalue weighted by molar-refractivity contribution is 7.13. The van der Waals surface area contributed by atoms with Gasteiger partial charge in [-0.15, -0.1) is 11.3 Å². The van der Waals surface area contributed by atoms with Crippen LogP contribution in [0, 0.1) is 0 Å². The van der Waals surface area contributed by atoms with E-state index in [1.165, 1.54) is 7.11 Å². The van der Waals surface area contributed by atoms with Crippen LogP contribution in [0.25, 0.3) is 10.6 Å². The summed E-state index contributed by atoms with van der Waals surface area (Å²) in [6.45, 7) is 0. The molecular weight excluding hydrogens is 252 g/mol. The van der Waals surface area contributed by atoms with Crippen molar-refractivity contribution in [3.63, 3.8) is 0 Å². The van der Waals surface area contributed by atoms with Crippen LogP contribution in [0.5, 0.6) is 5.88 Å². The van der Waals surface area contributed by atoms with Crippen molar-refractivity contribution in [3.8, 4) is 16.5 Å². The van der Waals surface area contributed by atoms with Crippen LogP contribution in [0.2, 0.25) is 0 Å². The molecule has 94 valence electrons. The van der Waals surface area contributed by atoms with Crippen LogP contribution >= 0.6 is 11.3 Å².